The van der Waals surface area contributed by atoms with Crippen molar-refractivity contribution in [2.45, 2.75) is 33.3 Å². The number of benzene rings is 1. The molecule has 106 valence electrons. The van der Waals surface area contributed by atoms with E-state index >= 15 is 0 Å². The second kappa shape index (κ2) is 6.02. The van der Waals surface area contributed by atoms with E-state index in [9.17, 15) is 14.3 Å². The number of carbonyl (C=O) groups is 1. The third-order valence-electron chi connectivity index (χ3n) is 2.69. The van der Waals surface area contributed by atoms with Crippen molar-refractivity contribution in [3.8, 4) is 0 Å². The first-order valence-electron chi connectivity index (χ1n) is 6.27. The summed E-state index contributed by atoms with van der Waals surface area (Å²) in [5, 5.41) is 12.4. The molecule has 0 aliphatic rings. The van der Waals surface area contributed by atoms with Crippen LogP contribution >= 0.6 is 0 Å². The summed E-state index contributed by atoms with van der Waals surface area (Å²) in [5.41, 5.74) is 0.262. The van der Waals surface area contributed by atoms with Gasteiger partial charge in [-0.1, -0.05) is 6.07 Å². The van der Waals surface area contributed by atoms with E-state index in [0.717, 1.165) is 5.56 Å². The van der Waals surface area contributed by atoms with Crippen molar-refractivity contribution in [3.63, 3.8) is 0 Å². The van der Waals surface area contributed by atoms with Crippen molar-refractivity contribution in [1.82, 2.24) is 4.90 Å². The predicted octanol–water partition coefficient (Wildman–Crippen LogP) is 2.76. The highest BCUT2D eigenvalue weighted by Gasteiger charge is 2.21. The summed E-state index contributed by atoms with van der Waals surface area (Å²) in [6, 6.07) is 3.89. The Kier molecular flexibility index (Phi) is 4.89. The molecule has 0 heterocycles. The first kappa shape index (κ1) is 15.4. The molecule has 0 saturated heterocycles. The number of urea groups is 1. The molecule has 1 aromatic rings. The lowest BCUT2D eigenvalue weighted by molar-refractivity contribution is 0.0501. The Bertz CT molecular complexity index is 455. The number of halogens is 1. The van der Waals surface area contributed by atoms with Crippen molar-refractivity contribution in [2.75, 3.05) is 18.4 Å². The Morgan fingerprint density at radius 3 is 2.63 bits per heavy atom. The number of nitrogens with zero attached hydrogens (tertiary/aromatic N) is 1. The highest BCUT2D eigenvalue weighted by molar-refractivity contribution is 5.90. The van der Waals surface area contributed by atoms with Crippen LogP contribution in [0.1, 0.15) is 26.3 Å². The van der Waals surface area contributed by atoms with Gasteiger partial charge in [-0.3, -0.25) is 0 Å². The van der Waals surface area contributed by atoms with Gasteiger partial charge in [0.25, 0.3) is 0 Å². The maximum atomic E-state index is 13.1. The van der Waals surface area contributed by atoms with Crippen LogP contribution in [0.4, 0.5) is 14.9 Å². The van der Waals surface area contributed by atoms with Crippen LogP contribution in [0.5, 0.6) is 0 Å². The van der Waals surface area contributed by atoms with E-state index in [1.54, 1.807) is 26.8 Å². The number of likely N-dealkylation sites (N-methyl/N-ethyl adjacent to an activating group) is 1. The second-order valence-electron chi connectivity index (χ2n) is 5.22. The maximum absolute atomic E-state index is 13.1. The van der Waals surface area contributed by atoms with E-state index in [1.807, 2.05) is 6.92 Å². The number of aliphatic hydroxyl groups is 1. The monoisotopic (exact) mass is 268 g/mol. The molecule has 1 aromatic carbocycles. The van der Waals surface area contributed by atoms with Crippen molar-refractivity contribution < 1.29 is 14.3 Å². The SMILES string of the molecule is CCN(CC(C)(C)O)C(=O)Nc1cc(F)ccc1C. The number of anilines is 1. The van der Waals surface area contributed by atoms with Crippen LogP contribution in [0.25, 0.3) is 0 Å². The number of carbonyl (C=O) groups excluding carboxylic acids is 1. The molecule has 2 N–H and O–H groups in total. The minimum Gasteiger partial charge on any atom is -0.389 e. The standard InChI is InChI=1S/C14H21FN2O2/c1-5-17(9-14(3,4)19)13(18)16-12-8-11(15)7-6-10(12)2/h6-8,19H,5,9H2,1-4H3,(H,16,18). The van der Waals surface area contributed by atoms with Crippen LogP contribution < -0.4 is 5.32 Å². The highest BCUT2D eigenvalue weighted by atomic mass is 19.1. The van der Waals surface area contributed by atoms with E-state index in [2.05, 4.69) is 5.32 Å². The topological polar surface area (TPSA) is 52.6 Å². The second-order valence-corrected chi connectivity index (χ2v) is 5.22. The maximum Gasteiger partial charge on any atom is 0.321 e. The fraction of sp³-hybridized carbons (Fsp3) is 0.500. The Morgan fingerprint density at radius 1 is 1.47 bits per heavy atom. The molecule has 0 spiro atoms. The number of aryl methyl sites for hydroxylation is 1. The molecule has 0 saturated carbocycles. The van der Waals surface area contributed by atoms with E-state index < -0.39 is 11.4 Å². The summed E-state index contributed by atoms with van der Waals surface area (Å²) in [5.74, 6) is -0.397. The van der Waals surface area contributed by atoms with Gasteiger partial charge in [-0.05, 0) is 45.4 Å². The van der Waals surface area contributed by atoms with Crippen LogP contribution in [0.15, 0.2) is 18.2 Å². The van der Waals surface area contributed by atoms with E-state index in [4.69, 9.17) is 0 Å². The van der Waals surface area contributed by atoms with Gasteiger partial charge in [0.05, 0.1) is 12.1 Å². The molecule has 0 unspecified atom stereocenters. The van der Waals surface area contributed by atoms with Crippen LogP contribution in [0.3, 0.4) is 0 Å². The third kappa shape index (κ3) is 4.87. The van der Waals surface area contributed by atoms with Crippen molar-refractivity contribution >= 4 is 11.7 Å². The lowest BCUT2D eigenvalue weighted by Crippen LogP contribution is -2.44. The molecule has 2 amide bonds. The van der Waals surface area contributed by atoms with Crippen LogP contribution in [0.2, 0.25) is 0 Å². The molecule has 0 radical (unpaired) electrons. The number of rotatable bonds is 4. The van der Waals surface area contributed by atoms with Crippen molar-refractivity contribution in [2.24, 2.45) is 0 Å². The number of nitrogens with one attached hydrogen (secondary N) is 1. The molecule has 0 fully saturated rings. The van der Waals surface area contributed by atoms with Crippen LogP contribution in [0, 0.1) is 12.7 Å². The Balaban J connectivity index is 2.80. The molecule has 0 atom stereocenters. The van der Waals surface area contributed by atoms with Gasteiger partial charge in [0.2, 0.25) is 0 Å². The van der Waals surface area contributed by atoms with Gasteiger partial charge >= 0.3 is 6.03 Å². The average molecular weight is 268 g/mol. The lowest BCUT2D eigenvalue weighted by Gasteiger charge is -2.28. The molecule has 4 nitrogen and oxygen atoms in total. The number of hydrogen-bond acceptors (Lipinski definition) is 2. The minimum absolute atomic E-state index is 0.212. The smallest absolute Gasteiger partial charge is 0.321 e. The largest absolute Gasteiger partial charge is 0.389 e. The first-order chi connectivity index (χ1) is 8.73. The predicted molar refractivity (Wildman–Crippen MR) is 73.7 cm³/mol. The number of amides is 2. The molecule has 5 heteroatoms. The Labute approximate surface area is 113 Å². The van der Waals surface area contributed by atoms with Crippen LogP contribution in [-0.4, -0.2) is 34.7 Å². The zero-order chi connectivity index (χ0) is 14.6. The van der Waals surface area contributed by atoms with Gasteiger partial charge in [0.1, 0.15) is 5.82 Å². The molecular weight excluding hydrogens is 247 g/mol. The van der Waals surface area contributed by atoms with Gasteiger partial charge in [-0.15, -0.1) is 0 Å². The van der Waals surface area contributed by atoms with Crippen molar-refractivity contribution in [1.29, 1.82) is 0 Å². The fourth-order valence-corrected chi connectivity index (χ4v) is 1.72. The van der Waals surface area contributed by atoms with Gasteiger partial charge in [-0.25, -0.2) is 9.18 Å². The molecular formula is C14H21FN2O2. The Morgan fingerprint density at radius 2 is 2.11 bits per heavy atom. The van der Waals surface area contributed by atoms with Gasteiger partial charge < -0.3 is 15.3 Å². The quantitative estimate of drug-likeness (QED) is 0.882. The first-order valence-corrected chi connectivity index (χ1v) is 6.27. The summed E-state index contributed by atoms with van der Waals surface area (Å²) in [4.78, 5) is 13.5. The fourth-order valence-electron chi connectivity index (χ4n) is 1.72. The van der Waals surface area contributed by atoms with E-state index in [0.29, 0.717) is 12.2 Å². The molecule has 0 aliphatic heterocycles. The van der Waals surface area contributed by atoms with Gasteiger partial charge in [0.15, 0.2) is 0 Å². The third-order valence-corrected chi connectivity index (χ3v) is 2.69. The molecule has 0 aromatic heterocycles. The summed E-state index contributed by atoms with van der Waals surface area (Å²) in [6.07, 6.45) is 0. The normalized spacial score (nSPS) is 11.3. The summed E-state index contributed by atoms with van der Waals surface area (Å²) in [7, 11) is 0. The summed E-state index contributed by atoms with van der Waals surface area (Å²) in [6.45, 7) is 7.56. The lowest BCUT2D eigenvalue weighted by atomic mass is 10.1. The van der Waals surface area contributed by atoms with Crippen LogP contribution in [-0.2, 0) is 0 Å². The van der Waals surface area contributed by atoms with E-state index in [-0.39, 0.29) is 12.6 Å². The Hall–Kier alpha value is -1.62. The molecule has 1 rings (SSSR count). The minimum atomic E-state index is -0.968. The zero-order valence-electron chi connectivity index (χ0n) is 11.8. The molecule has 0 bridgehead atoms. The summed E-state index contributed by atoms with van der Waals surface area (Å²) >= 11 is 0. The van der Waals surface area contributed by atoms with Crippen molar-refractivity contribution in [3.05, 3.63) is 29.6 Å². The van der Waals surface area contributed by atoms with Gasteiger partial charge in [0, 0.05) is 12.2 Å². The summed E-state index contributed by atoms with van der Waals surface area (Å²) < 4.78 is 13.1. The number of hydrogen-bond donors (Lipinski definition) is 2. The van der Waals surface area contributed by atoms with Gasteiger partial charge in [-0.2, -0.15) is 0 Å². The molecule has 19 heavy (non-hydrogen) atoms. The zero-order valence-corrected chi connectivity index (χ0v) is 11.8. The highest BCUT2D eigenvalue weighted by Crippen LogP contribution is 2.17. The molecule has 0 aliphatic carbocycles. The average Bonchev–Trinajstić information content (AvgIpc) is 2.29. The van der Waals surface area contributed by atoms with E-state index in [1.165, 1.54) is 17.0 Å².